The third kappa shape index (κ3) is 2.11. The molecule has 1 unspecified atom stereocenters. The van der Waals surface area contributed by atoms with E-state index in [0.29, 0.717) is 11.1 Å². The number of hydrogen-bond acceptors (Lipinski definition) is 3. The second-order valence-electron chi connectivity index (χ2n) is 5.07. The number of benzene rings is 2. The summed E-state index contributed by atoms with van der Waals surface area (Å²) in [7, 11) is 0. The highest BCUT2D eigenvalue weighted by Gasteiger charge is 2.40. The number of fused-ring (bicyclic) bond motifs is 1. The number of hydrogen-bond donors (Lipinski definition) is 0. The van der Waals surface area contributed by atoms with Crippen molar-refractivity contribution in [3.8, 4) is 0 Å². The molecule has 0 bridgehead atoms. The molecule has 3 rings (SSSR count). The maximum absolute atomic E-state index is 12.9. The normalized spacial score (nSPS) is 14.9. The van der Waals surface area contributed by atoms with Crippen LogP contribution in [0.25, 0.3) is 0 Å². The van der Waals surface area contributed by atoms with E-state index in [1.807, 2.05) is 0 Å². The van der Waals surface area contributed by atoms with Crippen LogP contribution < -0.4 is 0 Å². The van der Waals surface area contributed by atoms with E-state index in [9.17, 15) is 18.8 Å². The number of nitrogens with zero attached hydrogens (tertiary/aromatic N) is 1. The highest BCUT2D eigenvalue weighted by atomic mass is 19.1. The first-order chi connectivity index (χ1) is 10.5. The van der Waals surface area contributed by atoms with Crippen molar-refractivity contribution in [2.45, 2.75) is 13.0 Å². The van der Waals surface area contributed by atoms with E-state index >= 15 is 0 Å². The van der Waals surface area contributed by atoms with E-state index in [2.05, 4.69) is 0 Å². The van der Waals surface area contributed by atoms with Gasteiger partial charge in [0.2, 0.25) is 0 Å². The lowest BCUT2D eigenvalue weighted by atomic mass is 10.0. The van der Waals surface area contributed by atoms with Crippen molar-refractivity contribution >= 4 is 17.6 Å². The second kappa shape index (κ2) is 5.18. The van der Waals surface area contributed by atoms with Gasteiger partial charge in [0.1, 0.15) is 11.9 Å². The fraction of sp³-hybridized carbons (Fsp3) is 0.118. The number of amides is 2. The van der Waals surface area contributed by atoms with Gasteiger partial charge in [0.25, 0.3) is 11.8 Å². The largest absolute Gasteiger partial charge is 0.292 e. The lowest BCUT2D eigenvalue weighted by molar-refractivity contribution is 0.0555. The molecule has 1 heterocycles. The maximum atomic E-state index is 12.9. The van der Waals surface area contributed by atoms with Crippen molar-refractivity contribution in [1.82, 2.24) is 4.90 Å². The minimum Gasteiger partial charge on any atom is -0.292 e. The Labute approximate surface area is 126 Å². The van der Waals surface area contributed by atoms with E-state index in [-0.39, 0.29) is 5.56 Å². The maximum Gasteiger partial charge on any atom is 0.262 e. The zero-order valence-electron chi connectivity index (χ0n) is 11.7. The third-order valence-corrected chi connectivity index (χ3v) is 3.72. The SMILES string of the molecule is CC(C(=O)c1ccc(F)cc1)N1C(=O)c2ccccc2C1=O. The molecule has 0 saturated heterocycles. The zero-order valence-corrected chi connectivity index (χ0v) is 11.7. The third-order valence-electron chi connectivity index (χ3n) is 3.72. The zero-order chi connectivity index (χ0) is 15.9. The summed E-state index contributed by atoms with van der Waals surface area (Å²) in [6.07, 6.45) is 0. The molecule has 2 aromatic rings. The van der Waals surface area contributed by atoms with Gasteiger partial charge in [-0.05, 0) is 43.3 Å². The molecule has 4 nitrogen and oxygen atoms in total. The molecule has 5 heteroatoms. The van der Waals surface area contributed by atoms with Gasteiger partial charge in [-0.25, -0.2) is 4.39 Å². The predicted octanol–water partition coefficient (Wildman–Crippen LogP) is 2.69. The van der Waals surface area contributed by atoms with Crippen LogP contribution in [0, 0.1) is 5.82 Å². The van der Waals surface area contributed by atoms with Gasteiger partial charge < -0.3 is 0 Å². The average Bonchev–Trinajstić information content (AvgIpc) is 2.79. The van der Waals surface area contributed by atoms with Crippen LogP contribution in [0.3, 0.4) is 0 Å². The number of rotatable bonds is 3. The van der Waals surface area contributed by atoms with E-state index in [1.165, 1.54) is 31.2 Å². The van der Waals surface area contributed by atoms with Crippen molar-refractivity contribution in [3.05, 3.63) is 71.0 Å². The topological polar surface area (TPSA) is 54.5 Å². The first-order valence-corrected chi connectivity index (χ1v) is 6.77. The molecule has 0 aliphatic carbocycles. The lowest BCUT2D eigenvalue weighted by Gasteiger charge is -2.21. The fourth-order valence-corrected chi connectivity index (χ4v) is 2.53. The Morgan fingerprint density at radius 1 is 0.955 bits per heavy atom. The summed E-state index contributed by atoms with van der Waals surface area (Å²) in [4.78, 5) is 38.0. The number of carbonyl (C=O) groups is 3. The molecule has 2 aromatic carbocycles. The monoisotopic (exact) mass is 297 g/mol. The highest BCUT2D eigenvalue weighted by Crippen LogP contribution is 2.25. The Balaban J connectivity index is 1.92. The van der Waals surface area contributed by atoms with Gasteiger partial charge in [0.05, 0.1) is 11.1 Å². The Morgan fingerprint density at radius 3 is 1.95 bits per heavy atom. The second-order valence-corrected chi connectivity index (χ2v) is 5.07. The van der Waals surface area contributed by atoms with E-state index in [1.54, 1.807) is 24.3 Å². The summed E-state index contributed by atoms with van der Waals surface area (Å²) >= 11 is 0. The van der Waals surface area contributed by atoms with Gasteiger partial charge in [0, 0.05) is 5.56 Å². The van der Waals surface area contributed by atoms with Gasteiger partial charge in [0.15, 0.2) is 5.78 Å². The van der Waals surface area contributed by atoms with Gasteiger partial charge >= 0.3 is 0 Å². The van der Waals surface area contributed by atoms with E-state index < -0.39 is 29.5 Å². The van der Waals surface area contributed by atoms with Crippen LogP contribution in [-0.4, -0.2) is 28.5 Å². The number of carbonyl (C=O) groups excluding carboxylic acids is 3. The summed E-state index contributed by atoms with van der Waals surface area (Å²) in [5.41, 5.74) is 0.850. The van der Waals surface area contributed by atoms with Crippen molar-refractivity contribution in [2.75, 3.05) is 0 Å². The molecular formula is C17H12FNO3. The summed E-state index contributed by atoms with van der Waals surface area (Å²) in [6.45, 7) is 1.49. The molecule has 2 amide bonds. The van der Waals surface area contributed by atoms with Crippen LogP contribution in [0.2, 0.25) is 0 Å². The van der Waals surface area contributed by atoms with Gasteiger partial charge in [-0.15, -0.1) is 0 Å². The van der Waals surface area contributed by atoms with Crippen LogP contribution in [-0.2, 0) is 0 Å². The molecular weight excluding hydrogens is 285 g/mol. The number of Topliss-reactive ketones (excluding diaryl/α,β-unsaturated/α-hetero) is 1. The van der Waals surface area contributed by atoms with Crippen LogP contribution in [0.5, 0.6) is 0 Å². The Bertz CT molecular complexity index is 748. The summed E-state index contributed by atoms with van der Waals surface area (Å²) in [5.74, 6) is -1.83. The molecule has 110 valence electrons. The smallest absolute Gasteiger partial charge is 0.262 e. The van der Waals surface area contributed by atoms with Crippen LogP contribution in [0.15, 0.2) is 48.5 Å². The molecule has 0 fully saturated rings. The molecule has 0 radical (unpaired) electrons. The molecule has 1 atom stereocenters. The summed E-state index contributed by atoms with van der Waals surface area (Å²) in [6, 6.07) is 10.5. The van der Waals surface area contributed by atoms with Gasteiger partial charge in [-0.1, -0.05) is 12.1 Å². The lowest BCUT2D eigenvalue weighted by Crippen LogP contribution is -2.42. The summed E-state index contributed by atoms with van der Waals surface area (Å²) < 4.78 is 12.9. The van der Waals surface area contributed by atoms with Crippen LogP contribution in [0.1, 0.15) is 38.0 Å². The number of ketones is 1. The number of halogens is 1. The van der Waals surface area contributed by atoms with Crippen LogP contribution >= 0.6 is 0 Å². The Kier molecular flexibility index (Phi) is 3.33. The Hall–Kier alpha value is -2.82. The van der Waals surface area contributed by atoms with Crippen LogP contribution in [0.4, 0.5) is 4.39 Å². The fourth-order valence-electron chi connectivity index (χ4n) is 2.53. The molecule has 0 aromatic heterocycles. The van der Waals surface area contributed by atoms with Gasteiger partial charge in [-0.3, -0.25) is 19.3 Å². The minimum absolute atomic E-state index is 0.255. The van der Waals surface area contributed by atoms with E-state index in [4.69, 9.17) is 0 Å². The average molecular weight is 297 g/mol. The Morgan fingerprint density at radius 2 is 1.45 bits per heavy atom. The molecule has 22 heavy (non-hydrogen) atoms. The molecule has 0 saturated carbocycles. The predicted molar refractivity (Wildman–Crippen MR) is 77.1 cm³/mol. The molecule has 0 spiro atoms. The van der Waals surface area contributed by atoms with Crippen molar-refractivity contribution in [1.29, 1.82) is 0 Å². The first kappa shape index (κ1) is 14.1. The first-order valence-electron chi connectivity index (χ1n) is 6.77. The quantitative estimate of drug-likeness (QED) is 0.646. The van der Waals surface area contributed by atoms with Gasteiger partial charge in [-0.2, -0.15) is 0 Å². The van der Waals surface area contributed by atoms with Crippen molar-refractivity contribution in [3.63, 3.8) is 0 Å². The molecule has 1 aliphatic rings. The highest BCUT2D eigenvalue weighted by molar-refractivity contribution is 6.23. The minimum atomic E-state index is -0.946. The standard InChI is InChI=1S/C17H12FNO3/c1-10(15(20)11-6-8-12(18)9-7-11)19-16(21)13-4-2-3-5-14(13)17(19)22/h2-10H,1H3. The molecule has 1 aliphatic heterocycles. The van der Waals surface area contributed by atoms with E-state index in [0.717, 1.165) is 4.90 Å². The number of imide groups is 1. The van der Waals surface area contributed by atoms with Crippen molar-refractivity contribution in [2.24, 2.45) is 0 Å². The van der Waals surface area contributed by atoms with Crippen molar-refractivity contribution < 1.29 is 18.8 Å². The molecule has 0 N–H and O–H groups in total. The summed E-state index contributed by atoms with van der Waals surface area (Å²) in [5, 5.41) is 0.